The summed E-state index contributed by atoms with van der Waals surface area (Å²) in [5.41, 5.74) is 3.80. The van der Waals surface area contributed by atoms with Gasteiger partial charge in [0.1, 0.15) is 5.82 Å². The highest BCUT2D eigenvalue weighted by Gasteiger charge is 2.19. The summed E-state index contributed by atoms with van der Waals surface area (Å²) in [6.45, 7) is 2.06. The summed E-state index contributed by atoms with van der Waals surface area (Å²) in [4.78, 5) is 13.6. The Morgan fingerprint density at radius 1 is 1.00 bits per heavy atom. The maximum atomic E-state index is 13.1. The van der Waals surface area contributed by atoms with Gasteiger partial charge in [0, 0.05) is 13.5 Å². The molecule has 2 nitrogen and oxygen atoms in total. The molecule has 1 amide bonds. The molecule has 22 heavy (non-hydrogen) atoms. The van der Waals surface area contributed by atoms with E-state index in [2.05, 4.69) is 0 Å². The van der Waals surface area contributed by atoms with Crippen molar-refractivity contribution >= 4 is 17.2 Å². The second-order valence-electron chi connectivity index (χ2n) is 5.19. The monoisotopic (exact) mass is 293 g/mol. The van der Waals surface area contributed by atoms with Crippen LogP contribution >= 0.6 is 0 Å². The first-order chi connectivity index (χ1) is 10.6. The number of nitrogens with zero attached hydrogens (tertiary/aromatic N) is 1. The van der Waals surface area contributed by atoms with Gasteiger partial charge in [0.2, 0.25) is 5.91 Å². The standard InChI is InChI=1S/C19H16FNO/c1-14(22)21-12-11-17(15-5-3-2-4-6-15)13-19(21)16-7-9-18(20)10-8-16/h2-11,13H,12H2,1H3. The van der Waals surface area contributed by atoms with Gasteiger partial charge in [-0.3, -0.25) is 4.79 Å². The third kappa shape index (κ3) is 2.84. The second kappa shape index (κ2) is 5.98. The van der Waals surface area contributed by atoms with E-state index in [0.717, 1.165) is 22.4 Å². The summed E-state index contributed by atoms with van der Waals surface area (Å²) in [6, 6.07) is 16.2. The van der Waals surface area contributed by atoms with Gasteiger partial charge in [0.05, 0.1) is 5.70 Å². The van der Waals surface area contributed by atoms with Gasteiger partial charge in [0.25, 0.3) is 0 Å². The predicted octanol–water partition coefficient (Wildman–Crippen LogP) is 4.11. The van der Waals surface area contributed by atoms with Crippen LogP contribution in [0.4, 0.5) is 4.39 Å². The number of hydrogen-bond donors (Lipinski definition) is 0. The Morgan fingerprint density at radius 2 is 1.68 bits per heavy atom. The molecule has 0 fully saturated rings. The van der Waals surface area contributed by atoms with Crippen LogP contribution in [0.3, 0.4) is 0 Å². The summed E-state index contributed by atoms with van der Waals surface area (Å²) in [6.07, 6.45) is 4.01. The lowest BCUT2D eigenvalue weighted by Gasteiger charge is -2.27. The van der Waals surface area contributed by atoms with Crippen LogP contribution in [0.5, 0.6) is 0 Å². The summed E-state index contributed by atoms with van der Waals surface area (Å²) in [5, 5.41) is 0. The average molecular weight is 293 g/mol. The topological polar surface area (TPSA) is 20.3 Å². The predicted molar refractivity (Wildman–Crippen MR) is 86.2 cm³/mol. The van der Waals surface area contributed by atoms with Gasteiger partial charge >= 0.3 is 0 Å². The van der Waals surface area contributed by atoms with Gasteiger partial charge in [-0.05, 0) is 47.0 Å². The van der Waals surface area contributed by atoms with Crippen molar-refractivity contribution in [3.05, 3.63) is 83.7 Å². The smallest absolute Gasteiger partial charge is 0.224 e. The minimum Gasteiger partial charge on any atom is -0.308 e. The van der Waals surface area contributed by atoms with Gasteiger partial charge in [0.15, 0.2) is 0 Å². The largest absolute Gasteiger partial charge is 0.308 e. The van der Waals surface area contributed by atoms with Crippen LogP contribution in [-0.4, -0.2) is 17.4 Å². The number of hydrogen-bond acceptors (Lipinski definition) is 1. The van der Waals surface area contributed by atoms with Crippen molar-refractivity contribution in [3.63, 3.8) is 0 Å². The first-order valence-corrected chi connectivity index (χ1v) is 7.16. The molecule has 1 aliphatic rings. The lowest BCUT2D eigenvalue weighted by Crippen LogP contribution is -2.29. The van der Waals surface area contributed by atoms with Gasteiger partial charge in [-0.25, -0.2) is 4.39 Å². The molecule has 0 saturated heterocycles. The first-order valence-electron chi connectivity index (χ1n) is 7.16. The van der Waals surface area contributed by atoms with Gasteiger partial charge in [-0.1, -0.05) is 36.4 Å². The van der Waals surface area contributed by atoms with E-state index in [1.807, 2.05) is 42.5 Å². The molecule has 0 bridgehead atoms. The van der Waals surface area contributed by atoms with E-state index < -0.39 is 0 Å². The van der Waals surface area contributed by atoms with Crippen molar-refractivity contribution in [2.24, 2.45) is 0 Å². The minimum atomic E-state index is -0.284. The molecule has 3 heteroatoms. The number of carbonyl (C=O) groups is 1. The van der Waals surface area contributed by atoms with E-state index in [0.29, 0.717) is 6.54 Å². The van der Waals surface area contributed by atoms with Gasteiger partial charge in [-0.15, -0.1) is 0 Å². The molecule has 1 aliphatic heterocycles. The van der Waals surface area contributed by atoms with E-state index in [4.69, 9.17) is 0 Å². The molecule has 0 spiro atoms. The minimum absolute atomic E-state index is 0.0288. The molecule has 0 saturated carbocycles. The van der Waals surface area contributed by atoms with Crippen molar-refractivity contribution < 1.29 is 9.18 Å². The quantitative estimate of drug-likeness (QED) is 0.816. The Bertz CT molecular complexity index is 745. The van der Waals surface area contributed by atoms with Crippen LogP contribution in [0.1, 0.15) is 18.1 Å². The van der Waals surface area contributed by atoms with Crippen molar-refractivity contribution in [3.8, 4) is 0 Å². The highest BCUT2D eigenvalue weighted by Crippen LogP contribution is 2.29. The Labute approximate surface area is 129 Å². The van der Waals surface area contributed by atoms with Crippen molar-refractivity contribution in [1.29, 1.82) is 0 Å². The molecule has 110 valence electrons. The van der Waals surface area contributed by atoms with Crippen LogP contribution in [0.25, 0.3) is 11.3 Å². The van der Waals surface area contributed by atoms with E-state index in [1.54, 1.807) is 24.0 Å². The molecule has 0 N–H and O–H groups in total. The zero-order valence-corrected chi connectivity index (χ0v) is 12.3. The van der Waals surface area contributed by atoms with E-state index in [1.165, 1.54) is 12.1 Å². The van der Waals surface area contributed by atoms with E-state index >= 15 is 0 Å². The van der Waals surface area contributed by atoms with Crippen LogP contribution in [0, 0.1) is 5.82 Å². The summed E-state index contributed by atoms with van der Waals surface area (Å²) < 4.78 is 13.1. The molecular formula is C19H16FNO. The van der Waals surface area contributed by atoms with Gasteiger partial charge in [-0.2, -0.15) is 0 Å². The molecule has 2 aromatic rings. The number of amides is 1. The normalized spacial score (nSPS) is 14.4. The fourth-order valence-corrected chi connectivity index (χ4v) is 2.56. The van der Waals surface area contributed by atoms with Crippen LogP contribution in [0.2, 0.25) is 0 Å². The fraction of sp³-hybridized carbons (Fsp3) is 0.105. The van der Waals surface area contributed by atoms with Gasteiger partial charge < -0.3 is 4.90 Å². The zero-order valence-electron chi connectivity index (χ0n) is 12.3. The molecule has 0 atom stereocenters. The summed E-state index contributed by atoms with van der Waals surface area (Å²) in [5.74, 6) is -0.313. The number of halogens is 1. The number of carbonyl (C=O) groups excluding carboxylic acids is 1. The molecule has 3 rings (SSSR count). The second-order valence-corrected chi connectivity index (χ2v) is 5.19. The van der Waals surface area contributed by atoms with Crippen molar-refractivity contribution in [2.45, 2.75) is 6.92 Å². The summed E-state index contributed by atoms with van der Waals surface area (Å²) >= 11 is 0. The maximum absolute atomic E-state index is 13.1. The maximum Gasteiger partial charge on any atom is 0.224 e. The Balaban J connectivity index is 2.04. The number of allylic oxidation sites excluding steroid dienone is 2. The van der Waals surface area contributed by atoms with Crippen molar-refractivity contribution in [2.75, 3.05) is 6.54 Å². The zero-order chi connectivity index (χ0) is 15.5. The molecule has 0 aliphatic carbocycles. The number of rotatable bonds is 2. The number of benzene rings is 2. The molecular weight excluding hydrogens is 277 g/mol. The summed E-state index contributed by atoms with van der Waals surface area (Å²) in [7, 11) is 0. The third-order valence-corrected chi connectivity index (χ3v) is 3.70. The fourth-order valence-electron chi connectivity index (χ4n) is 2.56. The lowest BCUT2D eigenvalue weighted by atomic mass is 9.98. The van der Waals surface area contributed by atoms with Crippen LogP contribution < -0.4 is 0 Å². The lowest BCUT2D eigenvalue weighted by molar-refractivity contribution is -0.125. The molecule has 0 unspecified atom stereocenters. The van der Waals surface area contributed by atoms with Crippen LogP contribution in [-0.2, 0) is 4.79 Å². The molecule has 2 aromatic carbocycles. The van der Waals surface area contributed by atoms with Crippen LogP contribution in [0.15, 0.2) is 66.7 Å². The third-order valence-electron chi connectivity index (χ3n) is 3.70. The Morgan fingerprint density at radius 3 is 2.32 bits per heavy atom. The Kier molecular flexibility index (Phi) is 3.88. The first kappa shape index (κ1) is 14.3. The van der Waals surface area contributed by atoms with E-state index in [-0.39, 0.29) is 11.7 Å². The highest BCUT2D eigenvalue weighted by molar-refractivity contribution is 5.93. The SMILES string of the molecule is CC(=O)N1CC=C(c2ccccc2)C=C1c1ccc(F)cc1. The van der Waals surface area contributed by atoms with Crippen molar-refractivity contribution in [1.82, 2.24) is 4.90 Å². The molecule has 0 aromatic heterocycles. The molecule has 1 heterocycles. The molecule has 0 radical (unpaired) electrons. The highest BCUT2D eigenvalue weighted by atomic mass is 19.1. The van der Waals surface area contributed by atoms with E-state index in [9.17, 15) is 9.18 Å². The average Bonchev–Trinajstić information content (AvgIpc) is 2.56. The Hall–Kier alpha value is -2.68.